The van der Waals surface area contributed by atoms with Crippen LogP contribution in [0.1, 0.15) is 11.3 Å². The van der Waals surface area contributed by atoms with Crippen molar-refractivity contribution in [3.8, 4) is 22.1 Å². The number of hydrogen-bond acceptors (Lipinski definition) is 7. The lowest BCUT2D eigenvalue weighted by atomic mass is 10.2. The van der Waals surface area contributed by atoms with Crippen molar-refractivity contribution in [2.24, 2.45) is 0 Å². The predicted octanol–water partition coefficient (Wildman–Crippen LogP) is 4.18. The zero-order chi connectivity index (χ0) is 18.4. The number of nitrogens with zero attached hydrogens (tertiary/aromatic N) is 1. The molecule has 0 amide bonds. The monoisotopic (exact) mass is 371 g/mol. The molecule has 0 saturated heterocycles. The molecule has 0 aliphatic heterocycles. The van der Waals surface area contributed by atoms with Gasteiger partial charge < -0.3 is 18.7 Å². The number of aromatic nitrogens is 1. The van der Waals surface area contributed by atoms with Crippen LogP contribution in [-0.4, -0.2) is 25.3 Å². The van der Waals surface area contributed by atoms with Gasteiger partial charge in [-0.15, -0.1) is 11.3 Å². The summed E-state index contributed by atoms with van der Waals surface area (Å²) < 4.78 is 20.8. The summed E-state index contributed by atoms with van der Waals surface area (Å²) in [5, 5.41) is 5.86. The summed E-state index contributed by atoms with van der Waals surface area (Å²) in [6.07, 6.45) is 2.99. The lowest BCUT2D eigenvalue weighted by Gasteiger charge is -2.07. The number of ether oxygens (including phenoxy) is 3. The van der Waals surface area contributed by atoms with Crippen LogP contribution < -0.4 is 9.47 Å². The van der Waals surface area contributed by atoms with E-state index in [1.807, 2.05) is 23.6 Å². The average molecular weight is 371 g/mol. The van der Waals surface area contributed by atoms with Crippen molar-refractivity contribution in [2.45, 2.75) is 6.61 Å². The molecule has 26 heavy (non-hydrogen) atoms. The van der Waals surface area contributed by atoms with Crippen molar-refractivity contribution in [1.29, 1.82) is 0 Å². The molecule has 7 heteroatoms. The molecule has 0 unspecified atom stereocenters. The minimum Gasteiger partial charge on any atom is -0.493 e. The van der Waals surface area contributed by atoms with E-state index >= 15 is 0 Å². The van der Waals surface area contributed by atoms with Gasteiger partial charge >= 0.3 is 5.97 Å². The molecule has 3 aromatic rings. The highest BCUT2D eigenvalue weighted by Gasteiger charge is 2.09. The topological polar surface area (TPSA) is 70.8 Å². The number of carbonyl (C=O) groups is 1. The maximum atomic E-state index is 11.9. The number of esters is 1. The molecule has 0 spiro atoms. The molecule has 0 fully saturated rings. The summed E-state index contributed by atoms with van der Waals surface area (Å²) in [7, 11) is 3.13. The van der Waals surface area contributed by atoms with Crippen molar-refractivity contribution >= 4 is 23.4 Å². The van der Waals surface area contributed by atoms with E-state index in [4.69, 9.17) is 18.7 Å². The highest BCUT2D eigenvalue weighted by atomic mass is 32.1. The molecule has 0 aliphatic carbocycles. The molecular weight excluding hydrogens is 354 g/mol. The van der Waals surface area contributed by atoms with Crippen molar-refractivity contribution in [3.05, 3.63) is 59.1 Å². The molecular formula is C19H17NO5S. The zero-order valence-electron chi connectivity index (χ0n) is 14.3. The first kappa shape index (κ1) is 17.8. The van der Waals surface area contributed by atoms with Crippen molar-refractivity contribution in [3.63, 3.8) is 0 Å². The minimum atomic E-state index is -0.472. The first-order valence-corrected chi connectivity index (χ1v) is 8.64. The molecule has 0 atom stereocenters. The Labute approximate surface area is 154 Å². The normalized spacial score (nSPS) is 10.8. The summed E-state index contributed by atoms with van der Waals surface area (Å²) in [6, 6.07) is 11.0. The molecule has 134 valence electrons. The fourth-order valence-corrected chi connectivity index (χ4v) is 2.90. The van der Waals surface area contributed by atoms with Gasteiger partial charge in [0, 0.05) is 12.1 Å². The Morgan fingerprint density at radius 3 is 2.77 bits per heavy atom. The van der Waals surface area contributed by atoms with E-state index in [1.165, 1.54) is 6.08 Å². The standard InChI is InChI=1S/C19H17NO5S/c1-22-15-7-5-13(10-16(15)23-2)6-8-19(21)24-12-14-11-17(25-20-14)18-4-3-9-26-18/h3-11H,12H2,1-2H3/b8-6+. The van der Waals surface area contributed by atoms with Crippen LogP contribution in [0.15, 0.2) is 52.4 Å². The molecule has 6 nitrogen and oxygen atoms in total. The minimum absolute atomic E-state index is 0.0456. The van der Waals surface area contributed by atoms with E-state index < -0.39 is 5.97 Å². The summed E-state index contributed by atoms with van der Waals surface area (Å²) in [6.45, 7) is 0.0456. The number of thiophene rings is 1. The Bertz CT molecular complexity index is 899. The van der Waals surface area contributed by atoms with Gasteiger partial charge in [0.2, 0.25) is 0 Å². The number of methoxy groups -OCH3 is 2. The maximum absolute atomic E-state index is 11.9. The Morgan fingerprint density at radius 1 is 1.19 bits per heavy atom. The second kappa shape index (κ2) is 8.35. The zero-order valence-corrected chi connectivity index (χ0v) is 15.1. The van der Waals surface area contributed by atoms with Crippen LogP contribution in [0.4, 0.5) is 0 Å². The summed E-state index contributed by atoms with van der Waals surface area (Å²) >= 11 is 1.55. The first-order valence-electron chi connectivity index (χ1n) is 7.76. The molecule has 3 rings (SSSR count). The van der Waals surface area contributed by atoms with Crippen molar-refractivity contribution < 1.29 is 23.5 Å². The predicted molar refractivity (Wildman–Crippen MR) is 98.2 cm³/mol. The smallest absolute Gasteiger partial charge is 0.331 e. The van der Waals surface area contributed by atoms with E-state index in [2.05, 4.69) is 5.16 Å². The van der Waals surface area contributed by atoms with Crippen LogP contribution in [-0.2, 0) is 16.1 Å². The Hall–Kier alpha value is -3.06. The van der Waals surface area contributed by atoms with Crippen LogP contribution in [0.3, 0.4) is 0 Å². The highest BCUT2D eigenvalue weighted by Crippen LogP contribution is 2.28. The fraction of sp³-hybridized carbons (Fsp3) is 0.158. The number of hydrogen-bond donors (Lipinski definition) is 0. The van der Waals surface area contributed by atoms with Crippen molar-refractivity contribution in [2.75, 3.05) is 14.2 Å². The first-order chi connectivity index (χ1) is 12.7. The molecule has 0 saturated carbocycles. The van der Waals surface area contributed by atoms with Crippen molar-refractivity contribution in [1.82, 2.24) is 5.16 Å². The number of benzene rings is 1. The molecule has 0 radical (unpaired) electrons. The van der Waals surface area contributed by atoms with Gasteiger partial charge in [-0.25, -0.2) is 4.79 Å². The van der Waals surface area contributed by atoms with Gasteiger partial charge in [0.05, 0.1) is 19.1 Å². The molecule has 2 aromatic heterocycles. The van der Waals surface area contributed by atoms with Gasteiger partial charge in [-0.05, 0) is 35.2 Å². The van der Waals surface area contributed by atoms with Gasteiger partial charge in [0.25, 0.3) is 0 Å². The maximum Gasteiger partial charge on any atom is 0.331 e. The van der Waals surface area contributed by atoms with Gasteiger partial charge in [0.15, 0.2) is 17.3 Å². The molecule has 0 bridgehead atoms. The van der Waals surface area contributed by atoms with Crippen LogP contribution in [0, 0.1) is 0 Å². The van der Waals surface area contributed by atoms with Gasteiger partial charge in [-0.1, -0.05) is 17.3 Å². The highest BCUT2D eigenvalue weighted by molar-refractivity contribution is 7.13. The third kappa shape index (κ3) is 4.31. The van der Waals surface area contributed by atoms with E-state index in [1.54, 1.807) is 49.8 Å². The summed E-state index contributed by atoms with van der Waals surface area (Å²) in [5.41, 5.74) is 1.35. The van der Waals surface area contributed by atoms with Crippen LogP contribution in [0.25, 0.3) is 16.7 Å². The van der Waals surface area contributed by atoms with Gasteiger partial charge in [0.1, 0.15) is 12.3 Å². The van der Waals surface area contributed by atoms with Gasteiger partial charge in [-0.2, -0.15) is 0 Å². The van der Waals surface area contributed by atoms with E-state index in [-0.39, 0.29) is 6.61 Å². The van der Waals surface area contributed by atoms with E-state index in [9.17, 15) is 4.79 Å². The lowest BCUT2D eigenvalue weighted by Crippen LogP contribution is -2.00. The SMILES string of the molecule is COc1ccc(/C=C/C(=O)OCc2cc(-c3cccs3)on2)cc1OC. The fourth-order valence-electron chi connectivity index (χ4n) is 2.23. The second-order valence-corrected chi connectivity index (χ2v) is 6.16. The quantitative estimate of drug-likeness (QED) is 0.458. The largest absolute Gasteiger partial charge is 0.493 e. The summed E-state index contributed by atoms with van der Waals surface area (Å²) in [5.74, 6) is 1.40. The average Bonchev–Trinajstić information content (AvgIpc) is 3.35. The van der Waals surface area contributed by atoms with Gasteiger partial charge in [-0.3, -0.25) is 0 Å². The van der Waals surface area contributed by atoms with Crippen LogP contribution >= 0.6 is 11.3 Å². The lowest BCUT2D eigenvalue weighted by molar-refractivity contribution is -0.139. The third-order valence-electron chi connectivity index (χ3n) is 3.50. The third-order valence-corrected chi connectivity index (χ3v) is 4.39. The van der Waals surface area contributed by atoms with E-state index in [0.29, 0.717) is 23.0 Å². The van der Waals surface area contributed by atoms with Crippen LogP contribution in [0.5, 0.6) is 11.5 Å². The number of carbonyl (C=O) groups excluding carboxylic acids is 1. The van der Waals surface area contributed by atoms with Crippen LogP contribution in [0.2, 0.25) is 0 Å². The molecule has 2 heterocycles. The number of rotatable bonds is 7. The molecule has 0 N–H and O–H groups in total. The summed E-state index contributed by atoms with van der Waals surface area (Å²) in [4.78, 5) is 12.9. The second-order valence-electron chi connectivity index (χ2n) is 5.22. The Kier molecular flexibility index (Phi) is 5.70. The Morgan fingerprint density at radius 2 is 2.04 bits per heavy atom. The molecule has 0 aliphatic rings. The Balaban J connectivity index is 1.56. The van der Waals surface area contributed by atoms with E-state index in [0.717, 1.165) is 10.4 Å². The molecule has 1 aromatic carbocycles.